The number of alkyl carbamates (subject to hydrolysis) is 1. The fraction of sp³-hybridized carbons (Fsp3) is 0.882. The normalized spacial score (nSPS) is 25.8. The second-order valence-corrected chi connectivity index (χ2v) is 7.68. The van der Waals surface area contributed by atoms with Gasteiger partial charge in [-0.15, -0.1) is 0 Å². The third-order valence-electron chi connectivity index (χ3n) is 4.56. The number of rotatable bonds is 3. The van der Waals surface area contributed by atoms with Gasteiger partial charge in [-0.25, -0.2) is 4.79 Å². The Balaban J connectivity index is 1.67. The van der Waals surface area contributed by atoms with Crippen LogP contribution in [-0.4, -0.2) is 55.2 Å². The summed E-state index contributed by atoms with van der Waals surface area (Å²) < 4.78 is 5.25. The van der Waals surface area contributed by atoms with Crippen LogP contribution in [0.3, 0.4) is 0 Å². The molecule has 0 spiro atoms. The van der Waals surface area contributed by atoms with Gasteiger partial charge < -0.3 is 20.3 Å². The molecule has 2 fully saturated rings. The van der Waals surface area contributed by atoms with Crippen LogP contribution in [0.1, 0.15) is 46.5 Å². The molecule has 1 aliphatic heterocycles. The molecule has 23 heavy (non-hydrogen) atoms. The number of carbonyl (C=O) groups excluding carboxylic acids is 2. The molecule has 6 nitrogen and oxygen atoms in total. The molecule has 1 aliphatic carbocycles. The van der Waals surface area contributed by atoms with Crippen molar-refractivity contribution >= 4 is 12.0 Å². The van der Waals surface area contributed by atoms with Crippen molar-refractivity contribution in [3.8, 4) is 0 Å². The highest BCUT2D eigenvalue weighted by Crippen LogP contribution is 2.29. The van der Waals surface area contributed by atoms with E-state index in [4.69, 9.17) is 4.74 Å². The lowest BCUT2D eigenvalue weighted by Crippen LogP contribution is -2.49. The van der Waals surface area contributed by atoms with Crippen LogP contribution < -0.4 is 10.6 Å². The summed E-state index contributed by atoms with van der Waals surface area (Å²) in [5, 5.41) is 6.13. The Labute approximate surface area is 139 Å². The first-order chi connectivity index (χ1) is 10.8. The molecular weight excluding hydrogens is 294 g/mol. The number of hydrogen-bond donors (Lipinski definition) is 2. The molecule has 6 heteroatoms. The van der Waals surface area contributed by atoms with Gasteiger partial charge >= 0.3 is 6.09 Å². The molecule has 0 aromatic carbocycles. The van der Waals surface area contributed by atoms with Gasteiger partial charge in [-0.05, 0) is 52.4 Å². The summed E-state index contributed by atoms with van der Waals surface area (Å²) in [6.07, 6.45) is 3.51. The Kier molecular flexibility index (Phi) is 6.27. The fourth-order valence-electron chi connectivity index (χ4n) is 3.30. The first-order valence-corrected chi connectivity index (χ1v) is 8.81. The molecule has 2 amide bonds. The van der Waals surface area contributed by atoms with Gasteiger partial charge in [-0.3, -0.25) is 4.79 Å². The lowest BCUT2D eigenvalue weighted by molar-refractivity contribution is -0.137. The predicted molar refractivity (Wildman–Crippen MR) is 89.1 cm³/mol. The molecule has 2 rings (SSSR count). The molecule has 0 unspecified atom stereocenters. The van der Waals surface area contributed by atoms with Gasteiger partial charge in [-0.2, -0.15) is 0 Å². The summed E-state index contributed by atoms with van der Waals surface area (Å²) in [5.74, 6) is 0.950. The van der Waals surface area contributed by atoms with Gasteiger partial charge in [0.2, 0.25) is 5.91 Å². The van der Waals surface area contributed by atoms with Crippen LogP contribution in [0.5, 0.6) is 0 Å². The van der Waals surface area contributed by atoms with Crippen LogP contribution in [0.4, 0.5) is 4.79 Å². The van der Waals surface area contributed by atoms with E-state index in [-0.39, 0.29) is 12.0 Å². The van der Waals surface area contributed by atoms with Crippen LogP contribution in [-0.2, 0) is 9.53 Å². The van der Waals surface area contributed by atoms with Crippen molar-refractivity contribution in [3.05, 3.63) is 0 Å². The first kappa shape index (κ1) is 18.0. The minimum Gasteiger partial charge on any atom is -0.444 e. The van der Waals surface area contributed by atoms with Crippen molar-refractivity contribution in [1.82, 2.24) is 15.5 Å². The Morgan fingerprint density at radius 2 is 1.74 bits per heavy atom. The molecule has 0 bridgehead atoms. The Bertz CT molecular complexity index is 406. The zero-order valence-electron chi connectivity index (χ0n) is 14.7. The molecule has 2 N–H and O–H groups in total. The molecule has 0 aromatic heterocycles. The zero-order chi connectivity index (χ0) is 16.9. The third-order valence-corrected chi connectivity index (χ3v) is 4.56. The van der Waals surface area contributed by atoms with Crippen molar-refractivity contribution in [2.24, 2.45) is 11.8 Å². The van der Waals surface area contributed by atoms with Crippen LogP contribution in [0.15, 0.2) is 0 Å². The van der Waals surface area contributed by atoms with E-state index in [1.54, 1.807) is 0 Å². The molecule has 1 saturated heterocycles. The molecule has 132 valence electrons. The van der Waals surface area contributed by atoms with Crippen molar-refractivity contribution in [2.75, 3.05) is 32.7 Å². The topological polar surface area (TPSA) is 70.7 Å². The summed E-state index contributed by atoms with van der Waals surface area (Å²) >= 11 is 0. The third kappa shape index (κ3) is 6.01. The molecule has 2 aliphatic rings. The average Bonchev–Trinajstić information content (AvgIpc) is 2.52. The Morgan fingerprint density at radius 3 is 2.30 bits per heavy atom. The maximum Gasteiger partial charge on any atom is 0.407 e. The standard InChI is InChI=1S/C17H31N3O3/c1-17(2,3)23-16(22)19-12-13-4-6-14(7-5-13)15(21)20-10-8-18-9-11-20/h13-14,18H,4-12H2,1-3H3,(H,19,22). The number of hydrogen-bond acceptors (Lipinski definition) is 4. The lowest BCUT2D eigenvalue weighted by Gasteiger charge is -2.34. The molecule has 0 atom stereocenters. The smallest absolute Gasteiger partial charge is 0.407 e. The largest absolute Gasteiger partial charge is 0.444 e. The van der Waals surface area contributed by atoms with Gasteiger partial charge in [0, 0.05) is 38.6 Å². The maximum absolute atomic E-state index is 12.5. The van der Waals surface area contributed by atoms with Gasteiger partial charge in [0.25, 0.3) is 0 Å². The van der Waals surface area contributed by atoms with Crippen LogP contribution in [0.25, 0.3) is 0 Å². The van der Waals surface area contributed by atoms with E-state index < -0.39 is 5.60 Å². The highest BCUT2D eigenvalue weighted by molar-refractivity contribution is 5.79. The highest BCUT2D eigenvalue weighted by Gasteiger charge is 2.30. The molecular formula is C17H31N3O3. The van der Waals surface area contributed by atoms with Gasteiger partial charge in [0.1, 0.15) is 5.60 Å². The maximum atomic E-state index is 12.5. The summed E-state index contributed by atoms with van der Waals surface area (Å²) in [6.45, 7) is 9.70. The predicted octanol–water partition coefficient (Wildman–Crippen LogP) is 1.75. The van der Waals surface area contributed by atoms with E-state index in [0.717, 1.165) is 51.9 Å². The van der Waals surface area contributed by atoms with E-state index in [0.29, 0.717) is 18.4 Å². The van der Waals surface area contributed by atoms with E-state index >= 15 is 0 Å². The van der Waals surface area contributed by atoms with E-state index in [1.165, 1.54) is 0 Å². The van der Waals surface area contributed by atoms with Crippen molar-refractivity contribution < 1.29 is 14.3 Å². The van der Waals surface area contributed by atoms with E-state index in [1.807, 2.05) is 25.7 Å². The number of carbonyl (C=O) groups is 2. The molecule has 1 heterocycles. The number of ether oxygens (including phenoxy) is 1. The Morgan fingerprint density at radius 1 is 1.13 bits per heavy atom. The number of nitrogens with zero attached hydrogens (tertiary/aromatic N) is 1. The second-order valence-electron chi connectivity index (χ2n) is 7.68. The average molecular weight is 325 g/mol. The van der Waals surface area contributed by atoms with Gasteiger partial charge in [-0.1, -0.05) is 0 Å². The fourth-order valence-corrected chi connectivity index (χ4v) is 3.30. The van der Waals surface area contributed by atoms with E-state index in [9.17, 15) is 9.59 Å². The minimum atomic E-state index is -0.461. The summed E-state index contributed by atoms with van der Waals surface area (Å²) in [7, 11) is 0. The number of nitrogens with one attached hydrogen (secondary N) is 2. The quantitative estimate of drug-likeness (QED) is 0.829. The summed E-state index contributed by atoms with van der Waals surface area (Å²) in [6, 6.07) is 0. The first-order valence-electron chi connectivity index (χ1n) is 8.81. The van der Waals surface area contributed by atoms with Crippen molar-refractivity contribution in [3.63, 3.8) is 0 Å². The van der Waals surface area contributed by atoms with Crippen LogP contribution >= 0.6 is 0 Å². The van der Waals surface area contributed by atoms with Crippen molar-refractivity contribution in [1.29, 1.82) is 0 Å². The monoisotopic (exact) mass is 325 g/mol. The van der Waals surface area contributed by atoms with Gasteiger partial charge in [0.15, 0.2) is 0 Å². The van der Waals surface area contributed by atoms with Crippen LogP contribution in [0.2, 0.25) is 0 Å². The Hall–Kier alpha value is -1.30. The van der Waals surface area contributed by atoms with Crippen LogP contribution in [0, 0.1) is 11.8 Å². The minimum absolute atomic E-state index is 0.172. The van der Waals surface area contributed by atoms with Crippen molar-refractivity contribution in [2.45, 2.75) is 52.1 Å². The second kappa shape index (κ2) is 7.99. The summed E-state index contributed by atoms with van der Waals surface area (Å²) in [4.78, 5) is 26.2. The highest BCUT2D eigenvalue weighted by atomic mass is 16.6. The SMILES string of the molecule is CC(C)(C)OC(=O)NCC1CCC(C(=O)N2CCNCC2)CC1. The van der Waals surface area contributed by atoms with Gasteiger partial charge in [0.05, 0.1) is 0 Å². The lowest BCUT2D eigenvalue weighted by atomic mass is 9.81. The van der Waals surface area contributed by atoms with E-state index in [2.05, 4.69) is 10.6 Å². The summed E-state index contributed by atoms with van der Waals surface area (Å²) in [5.41, 5.74) is -0.461. The zero-order valence-corrected chi connectivity index (χ0v) is 14.7. The molecule has 1 saturated carbocycles. The molecule has 0 radical (unpaired) electrons. The number of piperazine rings is 1. The molecule has 0 aromatic rings. The number of amides is 2.